The Bertz CT molecular complexity index is 1070. The smallest absolute Gasteiger partial charge is 0.265 e. The van der Waals surface area contributed by atoms with E-state index in [0.717, 1.165) is 5.69 Å². The molecule has 0 spiro atoms. The van der Waals surface area contributed by atoms with Crippen molar-refractivity contribution in [2.75, 3.05) is 4.72 Å². The third-order valence-corrected chi connectivity index (χ3v) is 5.99. The first-order valence-electron chi connectivity index (χ1n) is 8.53. The quantitative estimate of drug-likeness (QED) is 0.671. The third-order valence-electron chi connectivity index (χ3n) is 4.21. The molecule has 0 amide bonds. The number of aromatic nitrogens is 2. The Morgan fingerprint density at radius 1 is 1.04 bits per heavy atom. The molecule has 5 nitrogen and oxygen atoms in total. The number of halogens is 1. The third kappa shape index (κ3) is 4.01. The summed E-state index contributed by atoms with van der Waals surface area (Å²) in [5.41, 5.74) is 1.97. The van der Waals surface area contributed by atoms with Gasteiger partial charge in [0.25, 0.3) is 10.0 Å². The molecule has 0 bridgehead atoms. The van der Waals surface area contributed by atoms with Crippen molar-refractivity contribution < 1.29 is 8.42 Å². The molecular formula is C20H22ClN3O2S. The average molecular weight is 404 g/mol. The van der Waals surface area contributed by atoms with Crippen molar-refractivity contribution in [3.05, 3.63) is 71.0 Å². The van der Waals surface area contributed by atoms with Crippen molar-refractivity contribution in [2.24, 2.45) is 0 Å². The molecule has 0 aliphatic heterocycles. The van der Waals surface area contributed by atoms with Gasteiger partial charge in [0.15, 0.2) is 0 Å². The fourth-order valence-corrected chi connectivity index (χ4v) is 4.34. The van der Waals surface area contributed by atoms with E-state index in [2.05, 4.69) is 9.82 Å². The molecule has 27 heavy (non-hydrogen) atoms. The topological polar surface area (TPSA) is 64.0 Å². The molecule has 142 valence electrons. The summed E-state index contributed by atoms with van der Waals surface area (Å²) >= 11 is 6.13. The molecule has 0 fully saturated rings. The Kier molecular flexibility index (Phi) is 5.06. The lowest BCUT2D eigenvalue weighted by molar-refractivity contribution is 0.543. The van der Waals surface area contributed by atoms with Crippen molar-refractivity contribution in [1.82, 2.24) is 9.78 Å². The fraction of sp³-hybridized carbons (Fsp3) is 0.250. The summed E-state index contributed by atoms with van der Waals surface area (Å²) in [6.07, 6.45) is 1.55. The Hall–Kier alpha value is -2.31. The molecule has 0 radical (unpaired) electrons. The second kappa shape index (κ2) is 7.02. The number of hydrogen-bond acceptors (Lipinski definition) is 3. The van der Waals surface area contributed by atoms with Crippen LogP contribution in [0.3, 0.4) is 0 Å². The van der Waals surface area contributed by atoms with Crippen LogP contribution in [0.25, 0.3) is 5.69 Å². The highest BCUT2D eigenvalue weighted by Crippen LogP contribution is 2.31. The van der Waals surface area contributed by atoms with E-state index in [1.165, 1.54) is 0 Å². The van der Waals surface area contributed by atoms with Gasteiger partial charge < -0.3 is 0 Å². The molecule has 0 atom stereocenters. The summed E-state index contributed by atoms with van der Waals surface area (Å²) in [7, 11) is -3.85. The average Bonchev–Trinajstić information content (AvgIpc) is 3.06. The fourth-order valence-electron chi connectivity index (χ4n) is 2.71. The number of para-hydroxylation sites is 1. The van der Waals surface area contributed by atoms with Crippen LogP contribution < -0.4 is 4.72 Å². The molecule has 0 saturated heterocycles. The van der Waals surface area contributed by atoms with Crippen LogP contribution in [0.5, 0.6) is 0 Å². The summed E-state index contributed by atoms with van der Waals surface area (Å²) in [5, 5.41) is 5.08. The Labute approximate surface area is 165 Å². The van der Waals surface area contributed by atoms with Crippen LogP contribution in [0.15, 0.2) is 59.6 Å². The summed E-state index contributed by atoms with van der Waals surface area (Å²) in [6, 6.07) is 14.6. The van der Waals surface area contributed by atoms with Crippen LogP contribution >= 0.6 is 11.6 Å². The Morgan fingerprint density at radius 3 is 2.33 bits per heavy atom. The molecule has 0 saturated carbocycles. The van der Waals surface area contributed by atoms with Crippen LogP contribution in [0.2, 0.25) is 5.02 Å². The van der Waals surface area contributed by atoms with E-state index in [-0.39, 0.29) is 4.90 Å². The first-order chi connectivity index (χ1) is 12.6. The van der Waals surface area contributed by atoms with E-state index < -0.39 is 15.4 Å². The second-order valence-corrected chi connectivity index (χ2v) is 9.45. The van der Waals surface area contributed by atoms with E-state index in [0.29, 0.717) is 22.0 Å². The van der Waals surface area contributed by atoms with Crippen LogP contribution in [0, 0.1) is 6.92 Å². The SMILES string of the molecule is Cc1c(Cl)cccc1NS(=O)(=O)c1cn(-c2ccccc2)nc1C(C)(C)C. The highest BCUT2D eigenvalue weighted by Gasteiger charge is 2.30. The molecule has 0 unspecified atom stereocenters. The number of sulfonamides is 1. The van der Waals surface area contributed by atoms with Gasteiger partial charge in [-0.15, -0.1) is 0 Å². The minimum absolute atomic E-state index is 0.151. The molecule has 1 N–H and O–H groups in total. The molecule has 0 aliphatic carbocycles. The highest BCUT2D eigenvalue weighted by molar-refractivity contribution is 7.92. The van der Waals surface area contributed by atoms with E-state index >= 15 is 0 Å². The van der Waals surface area contributed by atoms with E-state index in [9.17, 15) is 8.42 Å². The summed E-state index contributed by atoms with van der Waals surface area (Å²) in [4.78, 5) is 0.151. The largest absolute Gasteiger partial charge is 0.279 e. The maximum Gasteiger partial charge on any atom is 0.265 e. The zero-order valence-corrected chi connectivity index (χ0v) is 17.3. The van der Waals surface area contributed by atoms with E-state index in [1.54, 1.807) is 36.0 Å². The molecule has 3 aromatic rings. The van der Waals surface area contributed by atoms with Crippen LogP contribution in [0.4, 0.5) is 5.69 Å². The lowest BCUT2D eigenvalue weighted by Crippen LogP contribution is -2.20. The Morgan fingerprint density at radius 2 is 1.70 bits per heavy atom. The number of rotatable bonds is 4. The lowest BCUT2D eigenvalue weighted by atomic mass is 9.92. The minimum atomic E-state index is -3.85. The molecule has 1 aromatic heterocycles. The number of nitrogens with zero attached hydrogens (tertiary/aromatic N) is 2. The van der Waals surface area contributed by atoms with Gasteiger partial charge in [-0.2, -0.15) is 5.10 Å². The van der Waals surface area contributed by atoms with Gasteiger partial charge in [-0.25, -0.2) is 13.1 Å². The zero-order chi connectivity index (χ0) is 19.8. The molecular weight excluding hydrogens is 382 g/mol. The lowest BCUT2D eigenvalue weighted by Gasteiger charge is -2.18. The van der Waals surface area contributed by atoms with Gasteiger partial charge in [-0.3, -0.25) is 4.72 Å². The molecule has 0 aliphatic rings. The van der Waals surface area contributed by atoms with Crippen molar-refractivity contribution in [2.45, 2.75) is 38.0 Å². The van der Waals surface area contributed by atoms with Crippen molar-refractivity contribution in [3.63, 3.8) is 0 Å². The van der Waals surface area contributed by atoms with Gasteiger partial charge in [0.1, 0.15) is 4.90 Å². The van der Waals surface area contributed by atoms with Gasteiger partial charge in [0.05, 0.1) is 23.3 Å². The monoisotopic (exact) mass is 403 g/mol. The predicted molar refractivity (Wildman–Crippen MR) is 109 cm³/mol. The molecule has 3 rings (SSSR count). The summed E-state index contributed by atoms with van der Waals surface area (Å²) < 4.78 is 30.6. The Balaban J connectivity index is 2.11. The van der Waals surface area contributed by atoms with Crippen LogP contribution in [-0.4, -0.2) is 18.2 Å². The summed E-state index contributed by atoms with van der Waals surface area (Å²) in [6.45, 7) is 7.59. The second-order valence-electron chi connectivity index (χ2n) is 7.39. The van der Waals surface area contributed by atoms with Gasteiger partial charge in [-0.1, -0.05) is 56.6 Å². The van der Waals surface area contributed by atoms with Crippen molar-refractivity contribution >= 4 is 27.3 Å². The zero-order valence-electron chi connectivity index (χ0n) is 15.7. The first kappa shape index (κ1) is 19.5. The van der Waals surface area contributed by atoms with E-state index in [1.807, 2.05) is 51.1 Å². The number of nitrogens with one attached hydrogen (secondary N) is 1. The predicted octanol–water partition coefficient (Wildman–Crippen LogP) is 4.93. The minimum Gasteiger partial charge on any atom is -0.279 e. The molecule has 1 heterocycles. The standard InChI is InChI=1S/C20H22ClN3O2S/c1-14-16(21)11-8-12-17(14)23-27(25,26)18-13-24(15-9-6-5-7-10-15)22-19(18)20(2,3)4/h5-13,23H,1-4H3. The van der Waals surface area contributed by atoms with Crippen LogP contribution in [0.1, 0.15) is 32.0 Å². The van der Waals surface area contributed by atoms with E-state index in [4.69, 9.17) is 11.6 Å². The van der Waals surface area contributed by atoms with Crippen molar-refractivity contribution in [1.29, 1.82) is 0 Å². The number of benzene rings is 2. The molecule has 7 heteroatoms. The van der Waals surface area contributed by atoms with Gasteiger partial charge in [0.2, 0.25) is 0 Å². The maximum atomic E-state index is 13.2. The van der Waals surface area contributed by atoms with Crippen LogP contribution in [-0.2, 0) is 15.4 Å². The van der Waals surface area contributed by atoms with Gasteiger partial charge >= 0.3 is 0 Å². The number of anilines is 1. The van der Waals surface area contributed by atoms with Gasteiger partial charge in [0, 0.05) is 10.4 Å². The normalized spacial score (nSPS) is 12.2. The maximum absolute atomic E-state index is 13.2. The van der Waals surface area contributed by atoms with Gasteiger partial charge in [-0.05, 0) is 36.8 Å². The molecule has 2 aromatic carbocycles. The van der Waals surface area contributed by atoms with Crippen molar-refractivity contribution in [3.8, 4) is 5.69 Å². The first-order valence-corrected chi connectivity index (χ1v) is 10.4. The number of hydrogen-bond donors (Lipinski definition) is 1. The highest BCUT2D eigenvalue weighted by atomic mass is 35.5. The summed E-state index contributed by atoms with van der Waals surface area (Å²) in [5.74, 6) is 0.